The van der Waals surface area contributed by atoms with Crippen molar-refractivity contribution < 1.29 is 23.1 Å². The van der Waals surface area contributed by atoms with Crippen LogP contribution < -0.4 is 5.32 Å². The third kappa shape index (κ3) is 5.26. The number of hydrogen-bond donors (Lipinski definition) is 1. The third-order valence-electron chi connectivity index (χ3n) is 4.66. The highest BCUT2D eigenvalue weighted by Crippen LogP contribution is 2.17. The number of amides is 1. The van der Waals surface area contributed by atoms with E-state index in [1.54, 1.807) is 31.2 Å². The molecule has 2 aromatic carbocycles. The van der Waals surface area contributed by atoms with Crippen LogP contribution in [0.4, 0.5) is 8.78 Å². The van der Waals surface area contributed by atoms with E-state index in [0.29, 0.717) is 16.4 Å². The van der Waals surface area contributed by atoms with E-state index >= 15 is 0 Å². The number of hydrogen-bond acceptors (Lipinski definition) is 7. The Balaban J connectivity index is 1.33. The Morgan fingerprint density at radius 2 is 1.70 bits per heavy atom. The molecule has 0 fully saturated rings. The second-order valence-electron chi connectivity index (χ2n) is 6.92. The monoisotopic (exact) mass is 469 g/mol. The van der Waals surface area contributed by atoms with Gasteiger partial charge in [-0.25, -0.2) is 18.3 Å². The zero-order chi connectivity index (χ0) is 23.4. The number of aromatic nitrogens is 4. The average molecular weight is 469 g/mol. The summed E-state index contributed by atoms with van der Waals surface area (Å²) in [6.45, 7) is 1.74. The second kappa shape index (κ2) is 9.65. The number of nitrogens with zero attached hydrogens (tertiary/aromatic N) is 4. The summed E-state index contributed by atoms with van der Waals surface area (Å²) in [7, 11) is 0. The fourth-order valence-corrected chi connectivity index (χ4v) is 3.59. The first kappa shape index (κ1) is 22.2. The number of esters is 1. The maximum absolute atomic E-state index is 13.1. The van der Waals surface area contributed by atoms with E-state index < -0.39 is 11.9 Å². The number of carbonyl (C=O) groups excluding carboxylic acids is 2. The Morgan fingerprint density at radius 1 is 1.03 bits per heavy atom. The Kier molecular flexibility index (Phi) is 6.50. The van der Waals surface area contributed by atoms with Gasteiger partial charge in [0.2, 0.25) is 5.01 Å². The van der Waals surface area contributed by atoms with Gasteiger partial charge in [0, 0.05) is 6.54 Å². The fourth-order valence-electron chi connectivity index (χ4n) is 2.92. The highest BCUT2D eigenvalue weighted by Gasteiger charge is 2.18. The molecule has 0 aliphatic carbocycles. The quantitative estimate of drug-likeness (QED) is 0.415. The van der Waals surface area contributed by atoms with Gasteiger partial charge >= 0.3 is 5.97 Å². The zero-order valence-electron chi connectivity index (χ0n) is 17.3. The van der Waals surface area contributed by atoms with Crippen LogP contribution in [0.2, 0.25) is 0 Å². The summed E-state index contributed by atoms with van der Waals surface area (Å²) in [6, 6.07) is 11.5. The van der Waals surface area contributed by atoms with Gasteiger partial charge in [0.05, 0.1) is 17.6 Å². The van der Waals surface area contributed by atoms with Gasteiger partial charge in [0.15, 0.2) is 5.01 Å². The summed E-state index contributed by atoms with van der Waals surface area (Å²) in [5.74, 6) is -1.78. The normalized spacial score (nSPS) is 10.8. The van der Waals surface area contributed by atoms with Gasteiger partial charge in [-0.3, -0.25) is 4.79 Å². The largest absolute Gasteiger partial charge is 0.455 e. The molecule has 11 heteroatoms. The number of nitrogens with one attached hydrogen (secondary N) is 1. The molecule has 168 valence electrons. The Hall–Kier alpha value is -3.99. The number of rotatable bonds is 7. The van der Waals surface area contributed by atoms with E-state index in [1.807, 2.05) is 0 Å². The average Bonchev–Trinajstić information content (AvgIpc) is 3.44. The van der Waals surface area contributed by atoms with E-state index in [2.05, 4.69) is 20.6 Å². The molecular formula is C22H17F2N5O3S. The minimum Gasteiger partial charge on any atom is -0.455 e. The molecule has 4 rings (SSSR count). The fraction of sp³-hybridized carbons (Fsp3) is 0.136. The van der Waals surface area contributed by atoms with E-state index in [0.717, 1.165) is 16.9 Å². The van der Waals surface area contributed by atoms with Crippen molar-refractivity contribution in [1.82, 2.24) is 25.3 Å². The summed E-state index contributed by atoms with van der Waals surface area (Å²) >= 11 is 0.996. The van der Waals surface area contributed by atoms with E-state index in [9.17, 15) is 18.4 Å². The Morgan fingerprint density at radius 3 is 2.39 bits per heavy atom. The molecule has 0 atom stereocenters. The second-order valence-corrected chi connectivity index (χ2v) is 7.98. The summed E-state index contributed by atoms with van der Waals surface area (Å²) in [5, 5.41) is 15.0. The zero-order valence-corrected chi connectivity index (χ0v) is 18.1. The molecule has 2 heterocycles. The summed E-state index contributed by atoms with van der Waals surface area (Å²) in [5.41, 5.74) is 2.12. The van der Waals surface area contributed by atoms with Crippen LogP contribution >= 0.6 is 11.3 Å². The first-order chi connectivity index (χ1) is 15.9. The molecule has 0 aliphatic heterocycles. The van der Waals surface area contributed by atoms with Crippen LogP contribution in [0.3, 0.4) is 0 Å². The Bertz CT molecular complexity index is 1290. The molecule has 1 N–H and O–H groups in total. The SMILES string of the molecule is Cc1c(C(=O)OCc2nnc(C(=O)NCc3ccc(F)cc3)s2)cnn1-c1ccc(F)cc1. The maximum atomic E-state index is 13.1. The molecule has 33 heavy (non-hydrogen) atoms. The molecule has 0 aliphatic rings. The highest BCUT2D eigenvalue weighted by molar-refractivity contribution is 7.13. The molecule has 0 spiro atoms. The van der Waals surface area contributed by atoms with Gasteiger partial charge in [-0.1, -0.05) is 23.5 Å². The molecule has 0 radical (unpaired) electrons. The van der Waals surface area contributed by atoms with Gasteiger partial charge < -0.3 is 10.1 Å². The van der Waals surface area contributed by atoms with Crippen molar-refractivity contribution in [3.63, 3.8) is 0 Å². The van der Waals surface area contributed by atoms with Crippen molar-refractivity contribution in [2.24, 2.45) is 0 Å². The van der Waals surface area contributed by atoms with Gasteiger partial charge in [-0.2, -0.15) is 5.10 Å². The molecule has 8 nitrogen and oxygen atoms in total. The molecule has 2 aromatic heterocycles. The third-order valence-corrected chi connectivity index (χ3v) is 5.55. The lowest BCUT2D eigenvalue weighted by molar-refractivity contribution is 0.0470. The standard InChI is InChI=1S/C22H17F2N5O3S/c1-13-18(11-26-29(13)17-8-6-16(24)7-9-17)22(31)32-12-19-27-28-21(33-19)20(30)25-10-14-2-4-15(23)5-3-14/h2-9,11H,10,12H2,1H3,(H,25,30). The molecule has 1 amide bonds. The number of halogens is 2. The van der Waals surface area contributed by atoms with Gasteiger partial charge in [-0.15, -0.1) is 10.2 Å². The van der Waals surface area contributed by atoms with Crippen molar-refractivity contribution in [3.05, 3.63) is 93.2 Å². The lowest BCUT2D eigenvalue weighted by Crippen LogP contribution is -2.22. The van der Waals surface area contributed by atoms with E-state index in [4.69, 9.17) is 4.74 Å². The predicted octanol–water partition coefficient (Wildman–Crippen LogP) is 3.60. The minimum atomic E-state index is -0.613. The molecule has 0 unspecified atom stereocenters. The van der Waals surface area contributed by atoms with E-state index in [1.165, 1.54) is 35.1 Å². The van der Waals surface area contributed by atoms with Crippen molar-refractivity contribution in [3.8, 4) is 5.69 Å². The summed E-state index contributed by atoms with van der Waals surface area (Å²) in [6.07, 6.45) is 1.37. The number of benzene rings is 2. The lowest BCUT2D eigenvalue weighted by Gasteiger charge is -2.05. The Labute approximate surface area is 190 Å². The van der Waals surface area contributed by atoms with E-state index in [-0.39, 0.29) is 35.4 Å². The number of carbonyl (C=O) groups is 2. The highest BCUT2D eigenvalue weighted by atomic mass is 32.1. The number of ether oxygens (including phenoxy) is 1. The lowest BCUT2D eigenvalue weighted by atomic mass is 10.2. The van der Waals surface area contributed by atoms with Crippen LogP contribution in [0.25, 0.3) is 5.69 Å². The first-order valence-electron chi connectivity index (χ1n) is 9.73. The van der Waals surface area contributed by atoms with Crippen LogP contribution in [0.1, 0.15) is 36.4 Å². The van der Waals surface area contributed by atoms with Crippen molar-refractivity contribution >= 4 is 23.2 Å². The molecule has 0 saturated heterocycles. The van der Waals surface area contributed by atoms with Gasteiger partial charge in [0.25, 0.3) is 5.91 Å². The minimum absolute atomic E-state index is 0.114. The summed E-state index contributed by atoms with van der Waals surface area (Å²) in [4.78, 5) is 24.7. The van der Waals surface area contributed by atoms with Crippen LogP contribution in [0.5, 0.6) is 0 Å². The van der Waals surface area contributed by atoms with Crippen LogP contribution in [-0.2, 0) is 17.9 Å². The predicted molar refractivity (Wildman–Crippen MR) is 115 cm³/mol. The maximum Gasteiger partial charge on any atom is 0.342 e. The van der Waals surface area contributed by atoms with Crippen molar-refractivity contribution in [2.75, 3.05) is 0 Å². The molecule has 4 aromatic rings. The molecular weight excluding hydrogens is 452 g/mol. The van der Waals surface area contributed by atoms with Crippen LogP contribution in [-0.4, -0.2) is 31.9 Å². The topological polar surface area (TPSA) is 99.0 Å². The van der Waals surface area contributed by atoms with Crippen molar-refractivity contribution in [2.45, 2.75) is 20.1 Å². The van der Waals surface area contributed by atoms with Crippen molar-refractivity contribution in [1.29, 1.82) is 0 Å². The van der Waals surface area contributed by atoms with Crippen LogP contribution in [0.15, 0.2) is 54.7 Å². The smallest absolute Gasteiger partial charge is 0.342 e. The first-order valence-corrected chi connectivity index (χ1v) is 10.5. The molecule has 0 saturated carbocycles. The van der Waals surface area contributed by atoms with Crippen LogP contribution in [0, 0.1) is 18.6 Å². The summed E-state index contributed by atoms with van der Waals surface area (Å²) < 4.78 is 32.9. The van der Waals surface area contributed by atoms with Gasteiger partial charge in [-0.05, 0) is 48.9 Å². The molecule has 0 bridgehead atoms. The van der Waals surface area contributed by atoms with Gasteiger partial charge in [0.1, 0.15) is 23.8 Å².